The van der Waals surface area contributed by atoms with Crippen molar-refractivity contribution in [3.8, 4) is 5.75 Å². The van der Waals surface area contributed by atoms with E-state index in [-0.39, 0.29) is 11.8 Å². The SMILES string of the molecule is CCC(O)CNC(C)c1ccc(O)cc1F. The van der Waals surface area contributed by atoms with E-state index in [0.29, 0.717) is 18.5 Å². The first-order chi connectivity index (χ1) is 7.54. The van der Waals surface area contributed by atoms with Gasteiger partial charge in [-0.25, -0.2) is 4.39 Å². The highest BCUT2D eigenvalue weighted by Crippen LogP contribution is 2.20. The van der Waals surface area contributed by atoms with Gasteiger partial charge in [-0.15, -0.1) is 0 Å². The number of aliphatic hydroxyl groups excluding tert-OH is 1. The smallest absolute Gasteiger partial charge is 0.131 e. The summed E-state index contributed by atoms with van der Waals surface area (Å²) in [7, 11) is 0. The Kier molecular flexibility index (Phi) is 4.71. The minimum Gasteiger partial charge on any atom is -0.508 e. The maximum atomic E-state index is 13.4. The summed E-state index contributed by atoms with van der Waals surface area (Å²) in [5.41, 5.74) is 0.487. The third-order valence-electron chi connectivity index (χ3n) is 2.58. The van der Waals surface area contributed by atoms with Crippen LogP contribution in [-0.4, -0.2) is 22.9 Å². The van der Waals surface area contributed by atoms with Crippen LogP contribution in [0.15, 0.2) is 18.2 Å². The molecule has 4 heteroatoms. The molecule has 0 bridgehead atoms. The van der Waals surface area contributed by atoms with Gasteiger partial charge in [0.2, 0.25) is 0 Å². The summed E-state index contributed by atoms with van der Waals surface area (Å²) in [6.45, 7) is 4.13. The Morgan fingerprint density at radius 2 is 2.12 bits per heavy atom. The van der Waals surface area contributed by atoms with Crippen LogP contribution in [0.3, 0.4) is 0 Å². The number of rotatable bonds is 5. The fourth-order valence-corrected chi connectivity index (χ4v) is 1.43. The van der Waals surface area contributed by atoms with Crippen molar-refractivity contribution in [1.29, 1.82) is 0 Å². The van der Waals surface area contributed by atoms with Gasteiger partial charge in [0.05, 0.1) is 6.10 Å². The van der Waals surface area contributed by atoms with E-state index in [1.807, 2.05) is 13.8 Å². The number of aromatic hydroxyl groups is 1. The van der Waals surface area contributed by atoms with E-state index in [0.717, 1.165) is 6.07 Å². The molecule has 1 aromatic carbocycles. The molecule has 0 saturated carbocycles. The molecule has 0 saturated heterocycles. The first-order valence-electron chi connectivity index (χ1n) is 5.44. The molecule has 16 heavy (non-hydrogen) atoms. The molecule has 0 aromatic heterocycles. The fourth-order valence-electron chi connectivity index (χ4n) is 1.43. The lowest BCUT2D eigenvalue weighted by molar-refractivity contribution is 0.163. The highest BCUT2D eigenvalue weighted by molar-refractivity contribution is 5.29. The number of hydrogen-bond acceptors (Lipinski definition) is 3. The molecule has 0 amide bonds. The monoisotopic (exact) mass is 227 g/mol. The van der Waals surface area contributed by atoms with Crippen LogP contribution in [0.1, 0.15) is 31.9 Å². The summed E-state index contributed by atoms with van der Waals surface area (Å²) in [6, 6.07) is 3.89. The molecule has 0 fully saturated rings. The Bertz CT molecular complexity index is 344. The predicted octanol–water partition coefficient (Wildman–Crippen LogP) is 1.95. The molecule has 2 unspecified atom stereocenters. The Labute approximate surface area is 94.9 Å². The zero-order valence-corrected chi connectivity index (χ0v) is 9.57. The van der Waals surface area contributed by atoms with Crippen LogP contribution in [0.2, 0.25) is 0 Å². The zero-order valence-electron chi connectivity index (χ0n) is 9.57. The van der Waals surface area contributed by atoms with Crippen LogP contribution >= 0.6 is 0 Å². The van der Waals surface area contributed by atoms with Gasteiger partial charge >= 0.3 is 0 Å². The van der Waals surface area contributed by atoms with Gasteiger partial charge in [0.15, 0.2) is 0 Å². The Balaban J connectivity index is 2.62. The molecule has 1 aromatic rings. The van der Waals surface area contributed by atoms with Crippen LogP contribution < -0.4 is 5.32 Å². The maximum Gasteiger partial charge on any atom is 0.131 e. The minimum absolute atomic E-state index is 0.0814. The van der Waals surface area contributed by atoms with Crippen molar-refractivity contribution in [3.63, 3.8) is 0 Å². The third kappa shape index (κ3) is 3.47. The number of phenolic OH excluding ortho intramolecular Hbond substituents is 1. The molecule has 0 aliphatic rings. The lowest BCUT2D eigenvalue weighted by Crippen LogP contribution is -2.29. The van der Waals surface area contributed by atoms with Gasteiger partial charge < -0.3 is 15.5 Å². The average molecular weight is 227 g/mol. The summed E-state index contributed by atoms with van der Waals surface area (Å²) in [6.07, 6.45) is 0.250. The summed E-state index contributed by atoms with van der Waals surface area (Å²) in [5, 5.41) is 21.5. The van der Waals surface area contributed by atoms with Crippen LogP contribution in [0.25, 0.3) is 0 Å². The largest absolute Gasteiger partial charge is 0.508 e. The van der Waals surface area contributed by atoms with Crippen LogP contribution in [-0.2, 0) is 0 Å². The number of hydrogen-bond donors (Lipinski definition) is 3. The van der Waals surface area contributed by atoms with E-state index in [4.69, 9.17) is 5.11 Å². The topological polar surface area (TPSA) is 52.5 Å². The van der Waals surface area contributed by atoms with Crippen molar-refractivity contribution in [2.75, 3.05) is 6.54 Å². The van der Waals surface area contributed by atoms with Gasteiger partial charge in [-0.1, -0.05) is 13.0 Å². The van der Waals surface area contributed by atoms with Crippen molar-refractivity contribution < 1.29 is 14.6 Å². The van der Waals surface area contributed by atoms with Gasteiger partial charge in [0.25, 0.3) is 0 Å². The van der Waals surface area contributed by atoms with E-state index >= 15 is 0 Å². The number of halogens is 1. The summed E-state index contributed by atoms with van der Waals surface area (Å²) < 4.78 is 13.4. The zero-order chi connectivity index (χ0) is 12.1. The van der Waals surface area contributed by atoms with E-state index < -0.39 is 11.9 Å². The van der Waals surface area contributed by atoms with Crippen molar-refractivity contribution in [3.05, 3.63) is 29.6 Å². The van der Waals surface area contributed by atoms with Gasteiger partial charge in [0.1, 0.15) is 11.6 Å². The minimum atomic E-state index is -0.439. The normalized spacial score (nSPS) is 14.8. The number of aliphatic hydroxyl groups is 1. The molecular formula is C12H18FNO2. The van der Waals surface area contributed by atoms with E-state index in [1.54, 1.807) is 6.07 Å². The lowest BCUT2D eigenvalue weighted by Gasteiger charge is -2.17. The summed E-state index contributed by atoms with van der Waals surface area (Å²) >= 11 is 0. The molecule has 0 spiro atoms. The maximum absolute atomic E-state index is 13.4. The Morgan fingerprint density at radius 1 is 1.44 bits per heavy atom. The van der Waals surface area contributed by atoms with Gasteiger partial charge in [-0.2, -0.15) is 0 Å². The van der Waals surface area contributed by atoms with Crippen molar-refractivity contribution >= 4 is 0 Å². The average Bonchev–Trinajstić information content (AvgIpc) is 2.25. The molecule has 90 valence electrons. The number of nitrogens with one attached hydrogen (secondary N) is 1. The molecule has 0 aliphatic heterocycles. The van der Waals surface area contributed by atoms with Gasteiger partial charge in [-0.05, 0) is 19.4 Å². The molecule has 1 rings (SSSR count). The van der Waals surface area contributed by atoms with Gasteiger partial charge in [0, 0.05) is 24.2 Å². The lowest BCUT2D eigenvalue weighted by atomic mass is 10.1. The third-order valence-corrected chi connectivity index (χ3v) is 2.58. The van der Waals surface area contributed by atoms with Gasteiger partial charge in [-0.3, -0.25) is 0 Å². The first-order valence-corrected chi connectivity index (χ1v) is 5.44. The fraction of sp³-hybridized carbons (Fsp3) is 0.500. The second kappa shape index (κ2) is 5.82. The highest BCUT2D eigenvalue weighted by atomic mass is 19.1. The molecule has 0 aliphatic carbocycles. The number of benzene rings is 1. The van der Waals surface area contributed by atoms with Crippen molar-refractivity contribution in [1.82, 2.24) is 5.32 Å². The Morgan fingerprint density at radius 3 is 2.69 bits per heavy atom. The molecule has 3 nitrogen and oxygen atoms in total. The standard InChI is InChI=1S/C12H18FNO2/c1-3-9(15)7-14-8(2)11-5-4-10(16)6-12(11)13/h4-6,8-9,14-16H,3,7H2,1-2H3. The highest BCUT2D eigenvalue weighted by Gasteiger charge is 2.12. The van der Waals surface area contributed by atoms with Crippen molar-refractivity contribution in [2.24, 2.45) is 0 Å². The quantitative estimate of drug-likeness (QED) is 0.720. The molecule has 0 heterocycles. The number of phenols is 1. The van der Waals surface area contributed by atoms with Crippen molar-refractivity contribution in [2.45, 2.75) is 32.4 Å². The molecular weight excluding hydrogens is 209 g/mol. The van der Waals surface area contributed by atoms with Crippen LogP contribution in [0.4, 0.5) is 4.39 Å². The summed E-state index contributed by atoms with van der Waals surface area (Å²) in [5.74, 6) is -0.520. The van der Waals surface area contributed by atoms with E-state index in [2.05, 4.69) is 5.32 Å². The summed E-state index contributed by atoms with van der Waals surface area (Å²) in [4.78, 5) is 0. The Hall–Kier alpha value is -1.13. The van der Waals surface area contributed by atoms with Crippen LogP contribution in [0, 0.1) is 5.82 Å². The second-order valence-corrected chi connectivity index (χ2v) is 3.90. The molecule has 0 radical (unpaired) electrons. The van der Waals surface area contributed by atoms with Crippen LogP contribution in [0.5, 0.6) is 5.75 Å². The van der Waals surface area contributed by atoms with E-state index in [1.165, 1.54) is 6.07 Å². The second-order valence-electron chi connectivity index (χ2n) is 3.90. The predicted molar refractivity (Wildman–Crippen MR) is 60.8 cm³/mol. The first kappa shape index (κ1) is 12.9. The van der Waals surface area contributed by atoms with E-state index in [9.17, 15) is 9.50 Å². The molecule has 3 N–H and O–H groups in total. The molecule has 2 atom stereocenters.